The van der Waals surface area contributed by atoms with Gasteiger partial charge in [-0.25, -0.2) is 0 Å². The zero-order chi connectivity index (χ0) is 17.2. The lowest BCUT2D eigenvalue weighted by Crippen LogP contribution is -2.25. The highest BCUT2D eigenvalue weighted by atomic mass is 16.3. The number of rotatable bonds is 16. The maximum atomic E-state index is 9.71. The van der Waals surface area contributed by atoms with Crippen LogP contribution in [0.4, 0.5) is 0 Å². The second-order valence-electron chi connectivity index (χ2n) is 6.20. The van der Waals surface area contributed by atoms with Crippen molar-refractivity contribution in [2.75, 3.05) is 6.61 Å². The van der Waals surface area contributed by atoms with Crippen molar-refractivity contribution >= 4 is 0 Å². The summed E-state index contributed by atoms with van der Waals surface area (Å²) < 4.78 is 0. The third-order valence-corrected chi connectivity index (χ3v) is 4.09. The third kappa shape index (κ3) is 14.3. The molecule has 0 spiro atoms. The van der Waals surface area contributed by atoms with Crippen molar-refractivity contribution in [2.24, 2.45) is 5.11 Å². The van der Waals surface area contributed by atoms with Crippen LogP contribution in [0.25, 0.3) is 10.4 Å². The Morgan fingerprint density at radius 1 is 0.957 bits per heavy atom. The van der Waals surface area contributed by atoms with Gasteiger partial charge in [-0.1, -0.05) is 88.4 Å². The average molecular weight is 325 g/mol. The van der Waals surface area contributed by atoms with Crippen molar-refractivity contribution in [3.05, 3.63) is 22.6 Å². The fraction of sp³-hybridized carbons (Fsp3) is 0.889. The molecule has 0 unspecified atom stereocenters. The van der Waals surface area contributed by atoms with Gasteiger partial charge in [-0.15, -0.1) is 0 Å². The second-order valence-corrected chi connectivity index (χ2v) is 6.20. The summed E-state index contributed by atoms with van der Waals surface area (Å²) >= 11 is 0. The molecule has 0 aliphatic carbocycles. The van der Waals surface area contributed by atoms with Crippen molar-refractivity contribution in [3.8, 4) is 0 Å². The van der Waals surface area contributed by atoms with Crippen molar-refractivity contribution < 1.29 is 10.2 Å². The van der Waals surface area contributed by atoms with E-state index in [-0.39, 0.29) is 6.61 Å². The fourth-order valence-corrected chi connectivity index (χ4v) is 2.57. The summed E-state index contributed by atoms with van der Waals surface area (Å²) in [5.41, 5.74) is 8.31. The Kier molecular flexibility index (Phi) is 16.5. The molecule has 23 heavy (non-hydrogen) atoms. The minimum Gasteiger partial charge on any atom is -0.396 e. The standard InChI is InChI=1S/C18H35N3O2/c1-2-3-4-5-6-7-8-9-10-11-12-13-14-15-18(23)17(16-22)20-21-19/h14-15,17-18,22-23H,2-13,16H2,1H3/b15-14-/t17-,18+/m0/s1. The number of hydrogen-bond donors (Lipinski definition) is 2. The zero-order valence-electron chi connectivity index (χ0n) is 14.7. The van der Waals surface area contributed by atoms with Crippen LogP contribution in [0.5, 0.6) is 0 Å². The molecule has 5 nitrogen and oxygen atoms in total. The van der Waals surface area contributed by atoms with E-state index < -0.39 is 12.1 Å². The van der Waals surface area contributed by atoms with Gasteiger partial charge in [-0.2, -0.15) is 0 Å². The molecule has 0 bridgehead atoms. The first-order chi connectivity index (χ1) is 11.3. The van der Waals surface area contributed by atoms with E-state index >= 15 is 0 Å². The molecule has 2 atom stereocenters. The van der Waals surface area contributed by atoms with E-state index in [1.807, 2.05) is 6.08 Å². The average Bonchev–Trinajstić information content (AvgIpc) is 2.56. The molecule has 0 saturated carbocycles. The predicted molar refractivity (Wildman–Crippen MR) is 96.2 cm³/mol. The molecular formula is C18H35N3O2. The van der Waals surface area contributed by atoms with E-state index in [0.29, 0.717) is 0 Å². The summed E-state index contributed by atoms with van der Waals surface area (Å²) in [5.74, 6) is 0. The number of aliphatic hydroxyl groups excluding tert-OH is 2. The van der Waals surface area contributed by atoms with Crippen LogP contribution in [0.1, 0.15) is 84.0 Å². The molecule has 0 aromatic heterocycles. The maximum Gasteiger partial charge on any atom is 0.0900 e. The highest BCUT2D eigenvalue weighted by molar-refractivity contribution is 4.95. The molecule has 134 valence electrons. The van der Waals surface area contributed by atoms with Gasteiger partial charge in [0.2, 0.25) is 0 Å². The van der Waals surface area contributed by atoms with E-state index in [1.54, 1.807) is 6.08 Å². The molecule has 2 N–H and O–H groups in total. The van der Waals surface area contributed by atoms with Crippen LogP contribution in [0.15, 0.2) is 17.3 Å². The van der Waals surface area contributed by atoms with Crippen LogP contribution >= 0.6 is 0 Å². The monoisotopic (exact) mass is 325 g/mol. The first-order valence-electron chi connectivity index (χ1n) is 9.26. The fourth-order valence-electron chi connectivity index (χ4n) is 2.57. The topological polar surface area (TPSA) is 89.2 Å². The van der Waals surface area contributed by atoms with E-state index in [2.05, 4.69) is 16.9 Å². The molecule has 0 fully saturated rings. The first-order valence-corrected chi connectivity index (χ1v) is 9.26. The van der Waals surface area contributed by atoms with Crippen molar-refractivity contribution in [1.29, 1.82) is 0 Å². The van der Waals surface area contributed by atoms with Crippen molar-refractivity contribution in [1.82, 2.24) is 0 Å². The lowest BCUT2D eigenvalue weighted by molar-refractivity contribution is 0.144. The van der Waals surface area contributed by atoms with E-state index in [1.165, 1.54) is 64.2 Å². The van der Waals surface area contributed by atoms with Gasteiger partial charge in [0.25, 0.3) is 0 Å². The first kappa shape index (κ1) is 22.0. The Labute approximate surface area is 141 Å². The molecular weight excluding hydrogens is 290 g/mol. The number of nitrogens with zero attached hydrogens (tertiary/aromatic N) is 3. The summed E-state index contributed by atoms with van der Waals surface area (Å²) in [5, 5.41) is 22.0. The molecule has 5 heteroatoms. The van der Waals surface area contributed by atoms with Crippen LogP contribution in [0.3, 0.4) is 0 Å². The Morgan fingerprint density at radius 3 is 1.96 bits per heavy atom. The predicted octanol–water partition coefficient (Wildman–Crippen LogP) is 5.28. The van der Waals surface area contributed by atoms with Gasteiger partial charge in [-0.3, -0.25) is 0 Å². The van der Waals surface area contributed by atoms with Crippen LogP contribution < -0.4 is 0 Å². The molecule has 0 amide bonds. The Balaban J connectivity index is 3.41. The van der Waals surface area contributed by atoms with E-state index in [0.717, 1.165) is 12.8 Å². The van der Waals surface area contributed by atoms with Crippen molar-refractivity contribution in [3.63, 3.8) is 0 Å². The molecule has 0 heterocycles. The van der Waals surface area contributed by atoms with Crippen LogP contribution in [-0.4, -0.2) is 29.0 Å². The normalized spacial score (nSPS) is 13.9. The Bertz CT molecular complexity index is 328. The molecule has 0 rings (SSSR count). The third-order valence-electron chi connectivity index (χ3n) is 4.09. The summed E-state index contributed by atoms with van der Waals surface area (Å²) in [6.45, 7) is 1.91. The van der Waals surface area contributed by atoms with Gasteiger partial charge in [0.15, 0.2) is 0 Å². The van der Waals surface area contributed by atoms with Gasteiger partial charge >= 0.3 is 0 Å². The van der Waals surface area contributed by atoms with Gasteiger partial charge in [-0.05, 0) is 18.4 Å². The lowest BCUT2D eigenvalue weighted by atomic mass is 10.0. The highest BCUT2D eigenvalue weighted by Gasteiger charge is 2.12. The summed E-state index contributed by atoms with van der Waals surface area (Å²) in [7, 11) is 0. The van der Waals surface area contributed by atoms with Gasteiger partial charge in [0.1, 0.15) is 0 Å². The summed E-state index contributed by atoms with van der Waals surface area (Å²) in [6.07, 6.45) is 18.1. The maximum absolute atomic E-state index is 9.71. The van der Waals surface area contributed by atoms with Gasteiger partial charge in [0.05, 0.1) is 18.8 Å². The number of hydrogen-bond acceptors (Lipinski definition) is 3. The molecule has 0 aliphatic heterocycles. The number of aliphatic hydroxyl groups is 2. The number of unbranched alkanes of at least 4 members (excludes halogenated alkanes) is 11. The summed E-state index contributed by atoms with van der Waals surface area (Å²) in [4.78, 5) is 2.61. The van der Waals surface area contributed by atoms with Gasteiger partial charge < -0.3 is 10.2 Å². The molecule has 0 radical (unpaired) electrons. The minimum atomic E-state index is -0.899. The summed E-state index contributed by atoms with van der Waals surface area (Å²) in [6, 6.07) is -0.784. The van der Waals surface area contributed by atoms with Crippen LogP contribution in [0, 0.1) is 0 Å². The quantitative estimate of drug-likeness (QED) is 0.133. The SMILES string of the molecule is CCCCCCCCCCCCC/C=C\[C@@H](O)[C@H](CO)N=[N+]=[N-]. The Morgan fingerprint density at radius 2 is 1.48 bits per heavy atom. The van der Waals surface area contributed by atoms with E-state index in [9.17, 15) is 5.11 Å². The van der Waals surface area contributed by atoms with Gasteiger partial charge in [0, 0.05) is 4.91 Å². The van der Waals surface area contributed by atoms with Crippen LogP contribution in [0.2, 0.25) is 0 Å². The molecule has 0 aromatic rings. The molecule has 0 saturated heterocycles. The van der Waals surface area contributed by atoms with E-state index in [4.69, 9.17) is 10.6 Å². The lowest BCUT2D eigenvalue weighted by Gasteiger charge is -2.11. The minimum absolute atomic E-state index is 0.339. The second kappa shape index (κ2) is 17.3. The smallest absolute Gasteiger partial charge is 0.0900 e. The van der Waals surface area contributed by atoms with Crippen LogP contribution in [-0.2, 0) is 0 Å². The number of azide groups is 1. The molecule has 0 aliphatic rings. The Hall–Kier alpha value is -1.03. The number of allylic oxidation sites excluding steroid dienone is 1. The van der Waals surface area contributed by atoms with Crippen molar-refractivity contribution in [2.45, 2.75) is 96.1 Å². The largest absolute Gasteiger partial charge is 0.396 e. The highest BCUT2D eigenvalue weighted by Crippen LogP contribution is 2.12. The zero-order valence-corrected chi connectivity index (χ0v) is 14.7. The molecule has 0 aromatic carbocycles.